The van der Waals surface area contributed by atoms with Gasteiger partial charge in [0.15, 0.2) is 0 Å². The molecule has 1 atom stereocenters. The average molecular weight is 623 g/mol. The molecule has 0 aliphatic heterocycles. The topological polar surface area (TPSA) is 79.8 Å². The predicted octanol–water partition coefficient (Wildman–Crippen LogP) is 9.91. The van der Waals surface area contributed by atoms with Crippen molar-refractivity contribution in [2.45, 2.75) is 180 Å². The van der Waals surface area contributed by atoms with E-state index in [2.05, 4.69) is 48.9 Å². The van der Waals surface area contributed by atoms with Gasteiger partial charge in [0.2, 0.25) is 0 Å². The number of carbonyl (C=O) groups is 1. The highest BCUT2D eigenvalue weighted by molar-refractivity contribution is 5.68. The van der Waals surface area contributed by atoms with Gasteiger partial charge in [0.25, 0.3) is 0 Å². The van der Waals surface area contributed by atoms with Crippen molar-refractivity contribution in [3.8, 4) is 0 Å². The van der Waals surface area contributed by atoms with Gasteiger partial charge in [-0.2, -0.15) is 5.48 Å². The molecule has 0 aromatic heterocycles. The number of nitrogens with one attached hydrogen (secondary N) is 2. The minimum Gasteiger partial charge on any atom is -0.391 e. The van der Waals surface area contributed by atoms with E-state index in [1.54, 1.807) is 0 Å². The molecule has 0 aliphatic rings. The van der Waals surface area contributed by atoms with Crippen LogP contribution >= 0.6 is 0 Å². The van der Waals surface area contributed by atoms with Crippen LogP contribution in [-0.4, -0.2) is 50.0 Å². The minimum atomic E-state index is -0.330. The molecule has 3 N–H and O–H groups in total. The molecule has 0 amide bonds. The summed E-state index contributed by atoms with van der Waals surface area (Å²) >= 11 is 0. The Bertz CT molecular complexity index is 626. The van der Waals surface area contributed by atoms with Gasteiger partial charge in [-0.15, -0.1) is 0 Å². The highest BCUT2D eigenvalue weighted by atomic mass is 16.7. The maximum absolute atomic E-state index is 11.7. The van der Waals surface area contributed by atoms with Crippen LogP contribution in [0.15, 0.2) is 24.3 Å². The molecule has 0 radical (unpaired) electrons. The van der Waals surface area contributed by atoms with Gasteiger partial charge in [0, 0.05) is 19.5 Å². The Labute approximate surface area is 273 Å². The second-order valence-corrected chi connectivity index (χ2v) is 12.5. The first-order chi connectivity index (χ1) is 21.7. The molecule has 0 saturated carbocycles. The van der Waals surface area contributed by atoms with Crippen molar-refractivity contribution < 1.29 is 19.5 Å². The van der Waals surface area contributed by atoms with Gasteiger partial charge in [-0.1, -0.05) is 134 Å². The number of hydrogen-bond acceptors (Lipinski definition) is 6. The van der Waals surface area contributed by atoms with Gasteiger partial charge in [0.05, 0.1) is 19.3 Å². The zero-order valence-electron chi connectivity index (χ0n) is 29.3. The number of unbranched alkanes of at least 4 members (excludes halogenated alkanes) is 18. The van der Waals surface area contributed by atoms with Crippen LogP contribution in [0.2, 0.25) is 0 Å². The molecular formula is C38H74N2O4. The molecule has 0 saturated heterocycles. The number of aliphatic hydroxyl groups is 1. The van der Waals surface area contributed by atoms with E-state index in [1.807, 2.05) is 0 Å². The smallest absolute Gasteiger partial charge is 0.324 e. The molecular weight excluding hydrogens is 548 g/mol. The Hall–Kier alpha value is -1.21. The summed E-state index contributed by atoms with van der Waals surface area (Å²) in [4.78, 5) is 16.8. The second kappa shape index (κ2) is 38.0. The monoisotopic (exact) mass is 623 g/mol. The van der Waals surface area contributed by atoms with Crippen LogP contribution in [0.4, 0.5) is 0 Å². The third kappa shape index (κ3) is 37.0. The van der Waals surface area contributed by atoms with E-state index in [9.17, 15) is 9.90 Å². The fraction of sp³-hybridized carbons (Fsp3) is 0.868. The lowest BCUT2D eigenvalue weighted by Gasteiger charge is -2.11. The number of rotatable bonds is 36. The van der Waals surface area contributed by atoms with Gasteiger partial charge in [-0.3, -0.25) is 4.79 Å². The Morgan fingerprint density at radius 3 is 1.89 bits per heavy atom. The molecule has 44 heavy (non-hydrogen) atoms. The average Bonchev–Trinajstić information content (AvgIpc) is 3.02. The predicted molar refractivity (Wildman–Crippen MR) is 189 cm³/mol. The summed E-state index contributed by atoms with van der Waals surface area (Å²) in [6.07, 6.45) is 38.1. The van der Waals surface area contributed by atoms with Crippen LogP contribution in [0.3, 0.4) is 0 Å². The quantitative estimate of drug-likeness (QED) is 0.0367. The Morgan fingerprint density at radius 2 is 1.18 bits per heavy atom. The maximum atomic E-state index is 11.7. The molecule has 0 aliphatic carbocycles. The maximum Gasteiger partial charge on any atom is 0.324 e. The van der Waals surface area contributed by atoms with E-state index in [0.717, 1.165) is 58.2 Å². The van der Waals surface area contributed by atoms with E-state index >= 15 is 0 Å². The molecule has 0 bridgehead atoms. The Balaban J connectivity index is 3.25. The van der Waals surface area contributed by atoms with Crippen molar-refractivity contribution in [3.05, 3.63) is 24.3 Å². The summed E-state index contributed by atoms with van der Waals surface area (Å²) < 4.78 is 5.66. The second-order valence-electron chi connectivity index (χ2n) is 12.5. The van der Waals surface area contributed by atoms with Gasteiger partial charge in [-0.05, 0) is 64.3 Å². The zero-order valence-corrected chi connectivity index (χ0v) is 29.3. The van der Waals surface area contributed by atoms with Gasteiger partial charge in [0.1, 0.15) is 0 Å². The summed E-state index contributed by atoms with van der Waals surface area (Å²) in [5.41, 5.74) is 2.79. The summed E-state index contributed by atoms with van der Waals surface area (Å²) in [6, 6.07) is 0. The van der Waals surface area contributed by atoms with Crippen molar-refractivity contribution in [1.29, 1.82) is 0 Å². The number of ether oxygens (including phenoxy) is 1. The summed E-state index contributed by atoms with van der Waals surface area (Å²) in [6.45, 7) is 8.19. The molecule has 6 heteroatoms. The lowest BCUT2D eigenvalue weighted by atomic mass is 10.1. The van der Waals surface area contributed by atoms with Crippen molar-refractivity contribution in [2.75, 3.05) is 32.8 Å². The third-order valence-electron chi connectivity index (χ3n) is 8.02. The van der Waals surface area contributed by atoms with Crippen LogP contribution in [-0.2, 0) is 14.4 Å². The fourth-order valence-corrected chi connectivity index (χ4v) is 5.15. The van der Waals surface area contributed by atoms with Crippen LogP contribution in [0, 0.1) is 0 Å². The van der Waals surface area contributed by atoms with E-state index in [-0.39, 0.29) is 12.1 Å². The number of hydroxylamine groups is 1. The number of carbonyl (C=O) groups excluding carboxylic acids is 1. The molecule has 0 aromatic rings. The molecule has 0 heterocycles. The molecule has 6 nitrogen and oxygen atoms in total. The highest BCUT2D eigenvalue weighted by Gasteiger charge is 2.04. The first-order valence-corrected chi connectivity index (χ1v) is 18.9. The first kappa shape index (κ1) is 42.8. The van der Waals surface area contributed by atoms with Crippen LogP contribution < -0.4 is 10.8 Å². The van der Waals surface area contributed by atoms with Gasteiger partial charge < -0.3 is 20.0 Å². The molecule has 260 valence electrons. The molecule has 1 unspecified atom stereocenters. The van der Waals surface area contributed by atoms with Crippen LogP contribution in [0.1, 0.15) is 174 Å². The van der Waals surface area contributed by atoms with Crippen LogP contribution in [0.25, 0.3) is 0 Å². The molecule has 0 rings (SSSR count). The van der Waals surface area contributed by atoms with E-state index < -0.39 is 0 Å². The van der Waals surface area contributed by atoms with Crippen molar-refractivity contribution in [2.24, 2.45) is 0 Å². The first-order valence-electron chi connectivity index (χ1n) is 18.9. The Kier molecular flexibility index (Phi) is 36.9. The molecule has 0 spiro atoms. The lowest BCUT2D eigenvalue weighted by Crippen LogP contribution is -2.23. The van der Waals surface area contributed by atoms with Crippen LogP contribution in [0.5, 0.6) is 0 Å². The lowest BCUT2D eigenvalue weighted by molar-refractivity contribution is -0.151. The largest absolute Gasteiger partial charge is 0.391 e. The van der Waals surface area contributed by atoms with E-state index in [1.165, 1.54) is 116 Å². The van der Waals surface area contributed by atoms with E-state index in [4.69, 9.17) is 9.57 Å². The Morgan fingerprint density at radius 1 is 0.636 bits per heavy atom. The SMILES string of the molecule is CCCCC/C=C\C/C=C\CCCCCCCCC(O)COCCNCCCCCCCCCC(=O)ONCCCCCC. The van der Waals surface area contributed by atoms with Crippen molar-refractivity contribution >= 4 is 5.97 Å². The van der Waals surface area contributed by atoms with Crippen molar-refractivity contribution in [3.63, 3.8) is 0 Å². The van der Waals surface area contributed by atoms with Crippen molar-refractivity contribution in [1.82, 2.24) is 10.8 Å². The summed E-state index contributed by atoms with van der Waals surface area (Å²) in [7, 11) is 0. The number of hydrogen-bond donors (Lipinski definition) is 3. The molecule has 0 aromatic carbocycles. The number of allylic oxidation sites excluding steroid dienone is 4. The van der Waals surface area contributed by atoms with Gasteiger partial charge in [-0.25, -0.2) is 0 Å². The van der Waals surface area contributed by atoms with E-state index in [0.29, 0.717) is 19.6 Å². The molecule has 0 fully saturated rings. The van der Waals surface area contributed by atoms with Gasteiger partial charge >= 0.3 is 5.97 Å². The fourth-order valence-electron chi connectivity index (χ4n) is 5.15. The minimum absolute atomic E-state index is 0.127. The standard InChI is InChI=1S/C38H74N2O4/c1-3-5-7-9-10-11-12-13-14-15-16-17-18-20-23-26-30-37(41)36-43-35-34-39-32-28-25-22-19-21-24-27-31-38(42)44-40-33-29-8-6-4-2/h10-11,13-14,37,39-41H,3-9,12,15-36H2,1-2H3/b11-10-,14-13-. The normalized spacial score (nSPS) is 12.5. The summed E-state index contributed by atoms with van der Waals surface area (Å²) in [5.74, 6) is -0.127. The highest BCUT2D eigenvalue weighted by Crippen LogP contribution is 2.11. The zero-order chi connectivity index (χ0) is 32.0. The third-order valence-corrected chi connectivity index (χ3v) is 8.02. The number of aliphatic hydroxyl groups excluding tert-OH is 1. The summed E-state index contributed by atoms with van der Waals surface area (Å²) in [5, 5.41) is 13.6.